The van der Waals surface area contributed by atoms with Crippen LogP contribution in [-0.2, 0) is 19.6 Å². The van der Waals surface area contributed by atoms with E-state index in [1.54, 1.807) is 33.5 Å². The van der Waals surface area contributed by atoms with Crippen LogP contribution in [0.5, 0.6) is 0 Å². The molecule has 0 saturated carbocycles. The highest BCUT2D eigenvalue weighted by molar-refractivity contribution is 7.89. The summed E-state index contributed by atoms with van der Waals surface area (Å²) in [4.78, 5) is 27.2. The monoisotopic (exact) mass is 469 g/mol. The Kier molecular flexibility index (Phi) is 6.86. The van der Waals surface area contributed by atoms with E-state index in [4.69, 9.17) is 0 Å². The highest BCUT2D eigenvalue weighted by Gasteiger charge is 2.36. The number of nitrogens with one attached hydrogen (secondary N) is 1. The van der Waals surface area contributed by atoms with Crippen molar-refractivity contribution in [1.82, 2.24) is 4.31 Å². The Morgan fingerprint density at radius 2 is 1.82 bits per heavy atom. The molecule has 0 spiro atoms. The Labute approximate surface area is 195 Å². The van der Waals surface area contributed by atoms with Crippen LogP contribution in [0.4, 0.5) is 11.4 Å². The van der Waals surface area contributed by atoms with Crippen LogP contribution in [-0.4, -0.2) is 43.7 Å². The zero-order chi connectivity index (χ0) is 23.6. The number of hydrogen-bond acceptors (Lipinski definition) is 4. The van der Waals surface area contributed by atoms with Crippen LogP contribution in [0.3, 0.4) is 0 Å². The van der Waals surface area contributed by atoms with Crippen molar-refractivity contribution in [2.24, 2.45) is 5.92 Å². The number of para-hydroxylation sites is 1. The van der Waals surface area contributed by atoms with Gasteiger partial charge >= 0.3 is 0 Å². The summed E-state index contributed by atoms with van der Waals surface area (Å²) in [6.07, 6.45) is 3.78. The maximum Gasteiger partial charge on any atom is 0.243 e. The average Bonchev–Trinajstić information content (AvgIpc) is 3.21. The van der Waals surface area contributed by atoms with E-state index in [0.717, 1.165) is 36.9 Å². The second-order valence-corrected chi connectivity index (χ2v) is 10.8. The summed E-state index contributed by atoms with van der Waals surface area (Å²) in [6, 6.07) is 14.0. The number of anilines is 2. The van der Waals surface area contributed by atoms with Crippen LogP contribution < -0.4 is 10.2 Å². The lowest BCUT2D eigenvalue weighted by Crippen LogP contribution is -2.43. The summed E-state index contributed by atoms with van der Waals surface area (Å²) >= 11 is 0. The van der Waals surface area contributed by atoms with Crippen molar-refractivity contribution in [2.75, 3.05) is 23.3 Å². The van der Waals surface area contributed by atoms with Gasteiger partial charge in [0.1, 0.15) is 0 Å². The molecule has 0 aliphatic carbocycles. The molecule has 0 aromatic heterocycles. The fourth-order valence-electron chi connectivity index (χ4n) is 4.77. The van der Waals surface area contributed by atoms with Crippen molar-refractivity contribution >= 4 is 33.2 Å². The van der Waals surface area contributed by atoms with E-state index in [0.29, 0.717) is 18.8 Å². The molecule has 4 rings (SSSR count). The lowest BCUT2D eigenvalue weighted by molar-refractivity contribution is -0.122. The molecule has 2 unspecified atom stereocenters. The molecule has 2 aromatic rings. The van der Waals surface area contributed by atoms with E-state index in [2.05, 4.69) is 5.32 Å². The second kappa shape index (κ2) is 9.65. The maximum absolute atomic E-state index is 13.1. The third-order valence-corrected chi connectivity index (χ3v) is 8.64. The van der Waals surface area contributed by atoms with Crippen molar-refractivity contribution in [3.05, 3.63) is 54.1 Å². The van der Waals surface area contributed by atoms with E-state index in [1.807, 2.05) is 38.1 Å². The molecule has 2 aromatic carbocycles. The number of nitrogens with zero attached hydrogens (tertiary/aromatic N) is 2. The summed E-state index contributed by atoms with van der Waals surface area (Å²) in [6.45, 7) is 4.84. The van der Waals surface area contributed by atoms with Gasteiger partial charge in [0.25, 0.3) is 0 Å². The van der Waals surface area contributed by atoms with Gasteiger partial charge in [0.2, 0.25) is 21.8 Å². The molecular formula is C25H31N3O4S. The molecule has 1 N–H and O–H groups in total. The first-order chi connectivity index (χ1) is 15.8. The Morgan fingerprint density at radius 3 is 2.52 bits per heavy atom. The molecule has 2 aliphatic rings. The zero-order valence-electron chi connectivity index (χ0n) is 19.2. The van der Waals surface area contributed by atoms with Gasteiger partial charge in [-0.05, 0) is 62.1 Å². The number of carbonyl (C=O) groups is 2. The molecule has 2 aliphatic heterocycles. The van der Waals surface area contributed by atoms with Crippen LogP contribution in [0.25, 0.3) is 0 Å². The van der Waals surface area contributed by atoms with Crippen LogP contribution in [0.15, 0.2) is 53.4 Å². The summed E-state index contributed by atoms with van der Waals surface area (Å²) in [5.74, 6) is -0.769. The van der Waals surface area contributed by atoms with Crippen LogP contribution >= 0.6 is 0 Å². The Morgan fingerprint density at radius 1 is 1.09 bits per heavy atom. The minimum Gasteiger partial charge on any atom is -0.326 e. The van der Waals surface area contributed by atoms with Gasteiger partial charge in [-0.1, -0.05) is 31.5 Å². The van der Waals surface area contributed by atoms with Gasteiger partial charge in [-0.25, -0.2) is 8.42 Å². The van der Waals surface area contributed by atoms with Gasteiger partial charge in [0.15, 0.2) is 0 Å². The van der Waals surface area contributed by atoms with Crippen LogP contribution in [0.1, 0.15) is 44.6 Å². The molecule has 2 atom stereocenters. The minimum absolute atomic E-state index is 0.0410. The van der Waals surface area contributed by atoms with Gasteiger partial charge < -0.3 is 10.2 Å². The Bertz CT molecular complexity index is 1130. The van der Waals surface area contributed by atoms with Gasteiger partial charge in [-0.3, -0.25) is 9.59 Å². The molecule has 176 valence electrons. The highest BCUT2D eigenvalue weighted by Crippen LogP contribution is 2.30. The summed E-state index contributed by atoms with van der Waals surface area (Å²) < 4.78 is 27.9. The lowest BCUT2D eigenvalue weighted by atomic mass is 10.0. The molecule has 2 heterocycles. The molecule has 2 fully saturated rings. The van der Waals surface area contributed by atoms with E-state index < -0.39 is 15.9 Å². The molecule has 2 amide bonds. The number of piperidine rings is 1. The fraction of sp³-hybridized carbons (Fsp3) is 0.440. The van der Waals surface area contributed by atoms with E-state index in [1.165, 1.54) is 0 Å². The number of benzene rings is 2. The van der Waals surface area contributed by atoms with Crippen molar-refractivity contribution in [2.45, 2.75) is 56.9 Å². The molecule has 0 radical (unpaired) electrons. The maximum atomic E-state index is 13.1. The van der Waals surface area contributed by atoms with Gasteiger partial charge in [0.05, 0.1) is 10.8 Å². The summed E-state index contributed by atoms with van der Waals surface area (Å²) in [5, 5.41) is 2.84. The lowest BCUT2D eigenvalue weighted by Gasteiger charge is -2.34. The summed E-state index contributed by atoms with van der Waals surface area (Å²) in [7, 11) is -3.56. The number of aryl methyl sites for hydroxylation is 1. The van der Waals surface area contributed by atoms with E-state index in [9.17, 15) is 18.0 Å². The smallest absolute Gasteiger partial charge is 0.243 e. The highest BCUT2D eigenvalue weighted by atomic mass is 32.2. The van der Waals surface area contributed by atoms with Crippen LogP contribution in [0.2, 0.25) is 0 Å². The minimum atomic E-state index is -3.56. The normalized spacial score (nSPS) is 21.9. The zero-order valence-corrected chi connectivity index (χ0v) is 20.0. The first-order valence-electron chi connectivity index (χ1n) is 11.6. The number of rotatable bonds is 6. The number of sulfonamides is 1. The van der Waals surface area contributed by atoms with Gasteiger partial charge in [0, 0.05) is 36.9 Å². The standard InChI is InChI=1S/C25H31N3O4S/c1-3-21-9-6-7-15-28(21)33(31,32)22-13-11-20(12-14-22)26-25(30)19-16-24(29)27(17-19)23-10-5-4-8-18(23)2/h4-5,8,10-14,19,21H,3,6-7,9,15-17H2,1-2H3,(H,26,30). The number of hydrogen-bond donors (Lipinski definition) is 1. The van der Waals surface area contributed by atoms with Gasteiger partial charge in [-0.15, -0.1) is 0 Å². The fourth-order valence-corrected chi connectivity index (χ4v) is 6.54. The molecule has 0 bridgehead atoms. The second-order valence-electron chi connectivity index (χ2n) is 8.88. The number of carbonyl (C=O) groups excluding carboxylic acids is 2. The Balaban J connectivity index is 1.42. The SMILES string of the molecule is CCC1CCCCN1S(=O)(=O)c1ccc(NC(=O)C2CC(=O)N(c3ccccc3C)C2)cc1. The predicted molar refractivity (Wildman–Crippen MR) is 129 cm³/mol. The van der Waals surface area contributed by atoms with Crippen molar-refractivity contribution in [3.63, 3.8) is 0 Å². The molecule has 2 saturated heterocycles. The van der Waals surface area contributed by atoms with Gasteiger partial charge in [-0.2, -0.15) is 4.31 Å². The predicted octanol–water partition coefficient (Wildman–Crippen LogP) is 3.94. The molecule has 33 heavy (non-hydrogen) atoms. The van der Waals surface area contributed by atoms with Crippen molar-refractivity contribution in [1.29, 1.82) is 0 Å². The summed E-state index contributed by atoms with van der Waals surface area (Å²) in [5.41, 5.74) is 2.34. The van der Waals surface area contributed by atoms with E-state index in [-0.39, 0.29) is 29.2 Å². The van der Waals surface area contributed by atoms with Crippen LogP contribution in [0, 0.1) is 12.8 Å². The molecule has 7 nitrogen and oxygen atoms in total. The quantitative estimate of drug-likeness (QED) is 0.694. The third-order valence-electron chi connectivity index (χ3n) is 6.67. The first-order valence-corrected chi connectivity index (χ1v) is 13.0. The van der Waals surface area contributed by atoms with Crippen molar-refractivity contribution < 1.29 is 18.0 Å². The average molecular weight is 470 g/mol. The Hall–Kier alpha value is -2.71. The topological polar surface area (TPSA) is 86.8 Å². The molecular weight excluding hydrogens is 438 g/mol. The number of amides is 2. The first kappa shape index (κ1) is 23.4. The van der Waals surface area contributed by atoms with Crippen molar-refractivity contribution in [3.8, 4) is 0 Å². The molecule has 8 heteroatoms. The third kappa shape index (κ3) is 4.82. The largest absolute Gasteiger partial charge is 0.326 e. The van der Waals surface area contributed by atoms with E-state index >= 15 is 0 Å².